The zero-order chi connectivity index (χ0) is 14.2. The smallest absolute Gasteiger partial charge is 0.160 e. The summed E-state index contributed by atoms with van der Waals surface area (Å²) in [6.45, 7) is 1.95. The van der Waals surface area contributed by atoms with Crippen LogP contribution in [-0.2, 0) is 0 Å². The first-order valence-electron chi connectivity index (χ1n) is 5.44. The van der Waals surface area contributed by atoms with Gasteiger partial charge in [0, 0.05) is 9.50 Å². The summed E-state index contributed by atoms with van der Waals surface area (Å²) >= 11 is 15.6. The van der Waals surface area contributed by atoms with Crippen LogP contribution in [0.4, 0.5) is 8.78 Å². The number of aryl methyl sites for hydroxylation is 1. The van der Waals surface area contributed by atoms with E-state index in [-0.39, 0.29) is 5.02 Å². The van der Waals surface area contributed by atoms with Gasteiger partial charge in [0.1, 0.15) is 0 Å². The molecule has 2 aromatic carbocycles. The Kier molecular flexibility index (Phi) is 4.49. The van der Waals surface area contributed by atoms with Crippen molar-refractivity contribution in [3.05, 3.63) is 68.2 Å². The summed E-state index contributed by atoms with van der Waals surface area (Å²) in [5, 5.41) is -0.552. The topological polar surface area (TPSA) is 0 Å². The molecule has 0 spiro atoms. The van der Waals surface area contributed by atoms with Crippen molar-refractivity contribution in [2.24, 2.45) is 0 Å². The molecule has 1 atom stereocenters. The Morgan fingerprint density at radius 1 is 1.05 bits per heavy atom. The fourth-order valence-electron chi connectivity index (χ4n) is 1.74. The molecule has 0 radical (unpaired) electrons. The lowest BCUT2D eigenvalue weighted by Gasteiger charge is -2.14. The van der Waals surface area contributed by atoms with Gasteiger partial charge in [-0.25, -0.2) is 8.78 Å². The Morgan fingerprint density at radius 3 is 2.32 bits per heavy atom. The Hall–Kier alpha value is -0.640. The first-order valence-corrected chi connectivity index (χ1v) is 7.05. The molecular weight excluding hydrogens is 357 g/mol. The van der Waals surface area contributed by atoms with E-state index in [9.17, 15) is 8.78 Å². The van der Waals surface area contributed by atoms with Crippen LogP contribution >= 0.6 is 39.1 Å². The van der Waals surface area contributed by atoms with E-state index in [0.29, 0.717) is 5.56 Å². The SMILES string of the molecule is Cc1ccc(C(Cl)c2cc(F)c(F)cc2Cl)c(Br)c1. The highest BCUT2D eigenvalue weighted by Gasteiger charge is 2.19. The summed E-state index contributed by atoms with van der Waals surface area (Å²) in [4.78, 5) is 0. The summed E-state index contributed by atoms with van der Waals surface area (Å²) in [6.07, 6.45) is 0. The van der Waals surface area contributed by atoms with Crippen LogP contribution < -0.4 is 0 Å². The van der Waals surface area contributed by atoms with E-state index < -0.39 is 17.0 Å². The zero-order valence-corrected chi connectivity index (χ0v) is 13.0. The zero-order valence-electron chi connectivity index (χ0n) is 9.85. The van der Waals surface area contributed by atoms with E-state index in [1.54, 1.807) is 0 Å². The van der Waals surface area contributed by atoms with E-state index >= 15 is 0 Å². The lowest BCUT2D eigenvalue weighted by atomic mass is 10.0. The van der Waals surface area contributed by atoms with E-state index in [1.165, 1.54) is 0 Å². The summed E-state index contributed by atoms with van der Waals surface area (Å²) in [7, 11) is 0. The molecule has 2 rings (SSSR count). The molecule has 5 heteroatoms. The van der Waals surface area contributed by atoms with Gasteiger partial charge < -0.3 is 0 Å². The van der Waals surface area contributed by atoms with Crippen molar-refractivity contribution in [1.29, 1.82) is 0 Å². The number of hydrogen-bond acceptors (Lipinski definition) is 0. The van der Waals surface area contributed by atoms with Crippen molar-refractivity contribution in [2.75, 3.05) is 0 Å². The first-order chi connectivity index (χ1) is 8.90. The van der Waals surface area contributed by atoms with Crippen molar-refractivity contribution >= 4 is 39.1 Å². The van der Waals surface area contributed by atoms with Gasteiger partial charge in [0.2, 0.25) is 0 Å². The van der Waals surface area contributed by atoms with Gasteiger partial charge in [-0.3, -0.25) is 0 Å². The molecule has 100 valence electrons. The van der Waals surface area contributed by atoms with Gasteiger partial charge in [0.05, 0.1) is 5.38 Å². The molecule has 0 aliphatic carbocycles. The van der Waals surface area contributed by atoms with E-state index in [4.69, 9.17) is 23.2 Å². The molecule has 0 heterocycles. The standard InChI is InChI=1S/C14H9BrCl2F2/c1-7-2-3-8(10(15)4-7)14(17)9-5-12(18)13(19)6-11(9)16/h2-6,14H,1H3. The fourth-order valence-corrected chi connectivity index (χ4v) is 3.28. The molecule has 0 N–H and O–H groups in total. The summed E-state index contributed by atoms with van der Waals surface area (Å²) in [6, 6.07) is 7.59. The molecular formula is C14H9BrCl2F2. The van der Waals surface area contributed by atoms with Gasteiger partial charge in [0.25, 0.3) is 0 Å². The second kappa shape index (κ2) is 5.78. The van der Waals surface area contributed by atoms with Crippen molar-refractivity contribution in [2.45, 2.75) is 12.3 Å². The third-order valence-corrected chi connectivity index (χ3v) is 4.23. The summed E-state index contributed by atoms with van der Waals surface area (Å²) in [5.74, 6) is -1.95. The van der Waals surface area contributed by atoms with Crippen molar-refractivity contribution < 1.29 is 8.78 Å². The second-order valence-corrected chi connectivity index (χ2v) is 5.87. The third kappa shape index (κ3) is 3.10. The maximum Gasteiger partial charge on any atom is 0.160 e. The molecule has 1 unspecified atom stereocenters. The van der Waals surface area contributed by atoms with Crippen molar-refractivity contribution in [1.82, 2.24) is 0 Å². The number of halogens is 5. The van der Waals surface area contributed by atoms with Gasteiger partial charge in [-0.05, 0) is 41.8 Å². The molecule has 0 aromatic heterocycles. The van der Waals surface area contributed by atoms with Gasteiger partial charge in [0.15, 0.2) is 11.6 Å². The van der Waals surface area contributed by atoms with Gasteiger partial charge in [-0.1, -0.05) is 39.7 Å². The molecule has 0 nitrogen and oxygen atoms in total. The lowest BCUT2D eigenvalue weighted by Crippen LogP contribution is -1.98. The Labute approximate surface area is 128 Å². The van der Waals surface area contributed by atoms with Crippen LogP contribution in [0.15, 0.2) is 34.8 Å². The highest BCUT2D eigenvalue weighted by Crippen LogP contribution is 2.38. The number of benzene rings is 2. The Morgan fingerprint density at radius 2 is 1.68 bits per heavy atom. The molecule has 19 heavy (non-hydrogen) atoms. The maximum atomic E-state index is 13.3. The van der Waals surface area contributed by atoms with Crippen LogP contribution in [0.1, 0.15) is 22.1 Å². The minimum atomic E-state index is -0.986. The number of alkyl halides is 1. The predicted octanol–water partition coefficient (Wildman–Crippen LogP) is 6.02. The van der Waals surface area contributed by atoms with Crippen LogP contribution in [0, 0.1) is 18.6 Å². The molecule has 0 bridgehead atoms. The van der Waals surface area contributed by atoms with Crippen LogP contribution in [0.2, 0.25) is 5.02 Å². The molecule has 0 aliphatic heterocycles. The number of hydrogen-bond donors (Lipinski definition) is 0. The molecule has 0 saturated heterocycles. The Bertz CT molecular complexity index is 629. The van der Waals surface area contributed by atoms with E-state index in [2.05, 4.69) is 15.9 Å². The quantitative estimate of drug-likeness (QED) is 0.451. The lowest BCUT2D eigenvalue weighted by molar-refractivity contribution is 0.507. The monoisotopic (exact) mass is 364 g/mol. The fraction of sp³-hybridized carbons (Fsp3) is 0.143. The molecule has 2 aromatic rings. The van der Waals surface area contributed by atoms with Crippen molar-refractivity contribution in [3.63, 3.8) is 0 Å². The van der Waals surface area contributed by atoms with Crippen LogP contribution in [-0.4, -0.2) is 0 Å². The summed E-state index contributed by atoms with van der Waals surface area (Å²) < 4.78 is 27.1. The van der Waals surface area contributed by atoms with Crippen LogP contribution in [0.25, 0.3) is 0 Å². The number of rotatable bonds is 2. The molecule has 0 saturated carbocycles. The second-order valence-electron chi connectivity index (χ2n) is 4.18. The van der Waals surface area contributed by atoms with Crippen molar-refractivity contribution in [3.8, 4) is 0 Å². The minimum absolute atomic E-state index is 0.103. The normalized spacial score (nSPS) is 12.5. The largest absolute Gasteiger partial charge is 0.204 e. The van der Waals surface area contributed by atoms with E-state index in [1.807, 2.05) is 25.1 Å². The Balaban J connectivity index is 2.49. The highest BCUT2D eigenvalue weighted by atomic mass is 79.9. The van der Waals surface area contributed by atoms with Gasteiger partial charge in [-0.15, -0.1) is 11.6 Å². The van der Waals surface area contributed by atoms with Gasteiger partial charge >= 0.3 is 0 Å². The van der Waals surface area contributed by atoms with Crippen LogP contribution in [0.5, 0.6) is 0 Å². The minimum Gasteiger partial charge on any atom is -0.204 e. The highest BCUT2D eigenvalue weighted by molar-refractivity contribution is 9.10. The molecule has 0 aliphatic rings. The van der Waals surface area contributed by atoms with Gasteiger partial charge in [-0.2, -0.15) is 0 Å². The first kappa shape index (κ1) is 14.8. The maximum absolute atomic E-state index is 13.3. The average molecular weight is 366 g/mol. The third-order valence-electron chi connectivity index (χ3n) is 2.74. The summed E-state index contributed by atoms with van der Waals surface area (Å²) in [5.41, 5.74) is 2.16. The van der Waals surface area contributed by atoms with Crippen LogP contribution in [0.3, 0.4) is 0 Å². The molecule has 0 fully saturated rings. The predicted molar refractivity (Wildman–Crippen MR) is 77.9 cm³/mol. The average Bonchev–Trinajstić information content (AvgIpc) is 2.33. The van der Waals surface area contributed by atoms with E-state index in [0.717, 1.165) is 27.7 Å². The molecule has 0 amide bonds.